The molecule has 4 unspecified atom stereocenters. The zero-order chi connectivity index (χ0) is 29.2. The molecule has 1 aromatic carbocycles. The zero-order valence-corrected chi connectivity index (χ0v) is 22.2. The van der Waals surface area contributed by atoms with Gasteiger partial charge < -0.3 is 41.9 Å². The molecule has 0 aliphatic carbocycles. The number of aromatic nitrogens is 3. The van der Waals surface area contributed by atoms with Crippen LogP contribution < -0.4 is 21.7 Å². The van der Waals surface area contributed by atoms with Crippen molar-refractivity contribution in [3.63, 3.8) is 0 Å². The quantitative estimate of drug-likeness (QED) is 0.105. The summed E-state index contributed by atoms with van der Waals surface area (Å²) in [5.74, 6) is -4.96. The molecule has 0 bridgehead atoms. The van der Waals surface area contributed by atoms with E-state index in [0.29, 0.717) is 11.3 Å². The molecule has 0 aliphatic heterocycles. The van der Waals surface area contributed by atoms with Gasteiger partial charge >= 0.3 is 11.9 Å². The number of carboxylic acids is 2. The summed E-state index contributed by atoms with van der Waals surface area (Å²) in [4.78, 5) is 71.4. The number of aromatic amines is 2. The topological polar surface area (TPSA) is 232 Å². The van der Waals surface area contributed by atoms with Crippen molar-refractivity contribution < 1.29 is 34.2 Å². The first-order valence-corrected chi connectivity index (χ1v) is 13.0. The van der Waals surface area contributed by atoms with Gasteiger partial charge in [0.2, 0.25) is 17.7 Å². The number of fused-ring (bicyclic) bond motifs is 1. The van der Waals surface area contributed by atoms with Crippen molar-refractivity contribution in [2.75, 3.05) is 5.75 Å². The minimum Gasteiger partial charge on any atom is -0.481 e. The molecule has 3 aromatic rings. The first-order chi connectivity index (χ1) is 19.1. The van der Waals surface area contributed by atoms with Crippen LogP contribution >= 0.6 is 12.6 Å². The van der Waals surface area contributed by atoms with E-state index in [1.54, 1.807) is 12.3 Å². The molecule has 0 spiro atoms. The van der Waals surface area contributed by atoms with Crippen molar-refractivity contribution in [3.8, 4) is 0 Å². The molecular weight excluding hydrogens is 542 g/mol. The van der Waals surface area contributed by atoms with Crippen molar-refractivity contribution in [2.24, 2.45) is 5.73 Å². The molecule has 14 nitrogen and oxygen atoms in total. The number of nitrogens with two attached hydrogens (primary N) is 1. The Morgan fingerprint density at radius 3 is 2.25 bits per heavy atom. The molecule has 214 valence electrons. The van der Waals surface area contributed by atoms with Gasteiger partial charge in [0.05, 0.1) is 12.4 Å². The van der Waals surface area contributed by atoms with Crippen LogP contribution in [0, 0.1) is 0 Å². The van der Waals surface area contributed by atoms with Crippen molar-refractivity contribution in [2.45, 2.75) is 49.9 Å². The second-order valence-corrected chi connectivity index (χ2v) is 9.45. The number of nitrogens with one attached hydrogen (secondary N) is 5. The molecule has 0 fully saturated rings. The van der Waals surface area contributed by atoms with Crippen LogP contribution in [0.1, 0.15) is 24.1 Å². The number of aliphatic carboxylic acids is 2. The second-order valence-electron chi connectivity index (χ2n) is 9.09. The molecule has 2 aromatic heterocycles. The number of carbonyl (C=O) groups excluding carboxylic acids is 3. The molecule has 40 heavy (non-hydrogen) atoms. The highest BCUT2D eigenvalue weighted by atomic mass is 32.1. The second kappa shape index (κ2) is 14.1. The third-order valence-corrected chi connectivity index (χ3v) is 6.51. The fourth-order valence-corrected chi connectivity index (χ4v) is 4.26. The number of rotatable bonds is 15. The number of amides is 3. The maximum Gasteiger partial charge on any atom is 0.326 e. The lowest BCUT2D eigenvalue weighted by Gasteiger charge is -2.24. The Kier molecular flexibility index (Phi) is 10.7. The van der Waals surface area contributed by atoms with Crippen LogP contribution in [-0.2, 0) is 36.8 Å². The van der Waals surface area contributed by atoms with Crippen LogP contribution in [0.15, 0.2) is 43.0 Å². The molecule has 4 atom stereocenters. The van der Waals surface area contributed by atoms with E-state index in [4.69, 9.17) is 10.8 Å². The number of carboxylic acid groups (broad SMARTS) is 2. The van der Waals surface area contributed by atoms with Crippen LogP contribution in [0.5, 0.6) is 0 Å². The van der Waals surface area contributed by atoms with E-state index in [1.165, 1.54) is 12.5 Å². The van der Waals surface area contributed by atoms with Gasteiger partial charge in [-0.3, -0.25) is 19.2 Å². The number of benzene rings is 1. The summed E-state index contributed by atoms with van der Waals surface area (Å²) >= 11 is 4.16. The van der Waals surface area contributed by atoms with E-state index in [1.807, 2.05) is 18.2 Å². The van der Waals surface area contributed by atoms with Crippen LogP contribution in [0.2, 0.25) is 0 Å². The largest absolute Gasteiger partial charge is 0.481 e. The average Bonchev–Trinajstić information content (AvgIpc) is 3.58. The molecule has 15 heteroatoms. The molecule has 3 amide bonds. The lowest BCUT2D eigenvalue weighted by molar-refractivity contribution is -0.143. The Balaban J connectivity index is 1.76. The van der Waals surface area contributed by atoms with E-state index < -0.39 is 60.2 Å². The Morgan fingerprint density at radius 2 is 1.60 bits per heavy atom. The van der Waals surface area contributed by atoms with Crippen molar-refractivity contribution >= 4 is 53.2 Å². The third-order valence-electron chi connectivity index (χ3n) is 6.14. The SMILES string of the molecule is NC(Cc1cnc[nH]1)C(=O)NC(CS)C(=O)NC(Cc1c[nH]c2ccccc12)C(=O)NC(CCC(=O)O)C(=O)O. The minimum absolute atomic E-state index is 0.0283. The van der Waals surface area contributed by atoms with E-state index >= 15 is 0 Å². The van der Waals surface area contributed by atoms with E-state index in [2.05, 4.69) is 43.5 Å². The highest BCUT2D eigenvalue weighted by Gasteiger charge is 2.31. The number of nitrogens with zero attached hydrogens (tertiary/aromatic N) is 1. The summed E-state index contributed by atoms with van der Waals surface area (Å²) in [6.07, 6.45) is 3.91. The number of thiol groups is 1. The molecular formula is C25H31N7O7S. The average molecular weight is 574 g/mol. The number of imidazole rings is 1. The molecule has 0 radical (unpaired) electrons. The van der Waals surface area contributed by atoms with Gasteiger partial charge in [-0.15, -0.1) is 0 Å². The predicted octanol–water partition coefficient (Wildman–Crippen LogP) is -0.663. The summed E-state index contributed by atoms with van der Waals surface area (Å²) in [5.41, 5.74) is 8.04. The van der Waals surface area contributed by atoms with Gasteiger partial charge in [0.25, 0.3) is 0 Å². The molecule has 9 N–H and O–H groups in total. The Bertz CT molecular complexity index is 1340. The number of carbonyl (C=O) groups is 5. The van der Waals surface area contributed by atoms with E-state index in [-0.39, 0.29) is 25.0 Å². The Labute approximate surface area is 233 Å². The number of hydrogen-bond acceptors (Lipinski definition) is 8. The smallest absolute Gasteiger partial charge is 0.326 e. The maximum atomic E-state index is 13.2. The molecule has 0 saturated heterocycles. The highest BCUT2D eigenvalue weighted by Crippen LogP contribution is 2.19. The molecule has 0 aliphatic rings. The Morgan fingerprint density at radius 1 is 0.925 bits per heavy atom. The van der Waals surface area contributed by atoms with Crippen LogP contribution in [-0.4, -0.2) is 84.7 Å². The summed E-state index contributed by atoms with van der Waals surface area (Å²) in [7, 11) is 0. The van der Waals surface area contributed by atoms with Crippen molar-refractivity contribution in [1.29, 1.82) is 0 Å². The molecule has 0 saturated carbocycles. The summed E-state index contributed by atoms with van der Waals surface area (Å²) in [6, 6.07) is 2.36. The summed E-state index contributed by atoms with van der Waals surface area (Å²) < 4.78 is 0. The van der Waals surface area contributed by atoms with Crippen molar-refractivity contribution in [3.05, 3.63) is 54.2 Å². The normalized spacial score (nSPS) is 14.1. The minimum atomic E-state index is -1.49. The first kappa shape index (κ1) is 30.2. The van der Waals surface area contributed by atoms with Crippen LogP contribution in [0.3, 0.4) is 0 Å². The van der Waals surface area contributed by atoms with Gasteiger partial charge in [-0.2, -0.15) is 12.6 Å². The fourth-order valence-electron chi connectivity index (χ4n) is 4.00. The number of para-hydroxylation sites is 1. The Hall–Kier alpha value is -4.37. The van der Waals surface area contributed by atoms with E-state index in [0.717, 1.165) is 10.9 Å². The first-order valence-electron chi connectivity index (χ1n) is 12.3. The lowest BCUT2D eigenvalue weighted by Crippen LogP contribution is -2.58. The number of H-pyrrole nitrogens is 2. The van der Waals surface area contributed by atoms with Crippen LogP contribution in [0.25, 0.3) is 10.9 Å². The lowest BCUT2D eigenvalue weighted by atomic mass is 10.0. The summed E-state index contributed by atoms with van der Waals surface area (Å²) in [5, 5.41) is 26.6. The summed E-state index contributed by atoms with van der Waals surface area (Å²) in [6.45, 7) is 0. The van der Waals surface area contributed by atoms with Gasteiger partial charge in [0, 0.05) is 54.0 Å². The van der Waals surface area contributed by atoms with Gasteiger partial charge in [-0.25, -0.2) is 9.78 Å². The van der Waals surface area contributed by atoms with Gasteiger partial charge in [0.15, 0.2) is 0 Å². The fraction of sp³-hybridized carbons (Fsp3) is 0.360. The van der Waals surface area contributed by atoms with Crippen LogP contribution in [0.4, 0.5) is 0 Å². The maximum absolute atomic E-state index is 13.2. The number of hydrogen-bond donors (Lipinski definition) is 9. The highest BCUT2D eigenvalue weighted by molar-refractivity contribution is 7.80. The third kappa shape index (κ3) is 8.31. The van der Waals surface area contributed by atoms with Crippen molar-refractivity contribution in [1.82, 2.24) is 30.9 Å². The molecule has 2 heterocycles. The molecule has 3 rings (SSSR count). The van der Waals surface area contributed by atoms with Gasteiger partial charge in [-0.05, 0) is 18.1 Å². The predicted molar refractivity (Wildman–Crippen MR) is 146 cm³/mol. The zero-order valence-electron chi connectivity index (χ0n) is 21.3. The van der Waals surface area contributed by atoms with E-state index in [9.17, 15) is 29.1 Å². The monoisotopic (exact) mass is 573 g/mol. The standard InChI is InChI=1S/C25H31N7O7S/c26-16(8-14-10-27-12-29-14)22(35)32-20(11-40)24(37)31-19(7-13-9-28-17-4-2-1-3-15(13)17)23(36)30-18(25(38)39)5-6-21(33)34/h1-4,9-10,12,16,18-20,28,40H,5-8,11,26H2,(H,27,29)(H,30,36)(H,31,37)(H,32,35)(H,33,34)(H,38,39). The van der Waals surface area contributed by atoms with Gasteiger partial charge in [0.1, 0.15) is 18.1 Å². The van der Waals surface area contributed by atoms with Gasteiger partial charge in [-0.1, -0.05) is 18.2 Å².